The Hall–Kier alpha value is -2.90. The van der Waals surface area contributed by atoms with Gasteiger partial charge >= 0.3 is 6.03 Å². The highest BCUT2D eigenvalue weighted by Crippen LogP contribution is 2.17. The number of para-hydroxylation sites is 2. The Bertz CT molecular complexity index is 581. The van der Waals surface area contributed by atoms with Crippen LogP contribution >= 0.6 is 0 Å². The fourth-order valence-electron chi connectivity index (χ4n) is 1.51. The molecule has 1 heterocycles. The first-order valence-corrected chi connectivity index (χ1v) is 5.44. The minimum absolute atomic E-state index is 0.0748. The Morgan fingerprint density at radius 1 is 1.32 bits per heavy atom. The molecule has 4 N–H and O–H groups in total. The summed E-state index contributed by atoms with van der Waals surface area (Å²) in [5, 5.41) is 8.88. The van der Waals surface area contributed by atoms with Gasteiger partial charge in [-0.05, 0) is 12.1 Å². The third kappa shape index (κ3) is 3.28. The normalized spacial score (nSPS) is 9.89. The van der Waals surface area contributed by atoms with Gasteiger partial charge in [-0.25, -0.2) is 14.5 Å². The number of urea groups is 1. The summed E-state index contributed by atoms with van der Waals surface area (Å²) in [5.41, 5.74) is 6.28. The van der Waals surface area contributed by atoms with E-state index in [1.54, 1.807) is 17.1 Å². The molecular weight excluding hydrogens is 248 g/mol. The Morgan fingerprint density at radius 3 is 2.79 bits per heavy atom. The molecule has 2 aromatic rings. The smallest absolute Gasteiger partial charge is 0.318 e. The number of amides is 3. The zero-order valence-corrected chi connectivity index (χ0v) is 9.91. The number of imide groups is 1. The predicted octanol–water partition coefficient (Wildman–Crippen LogP) is -0.126. The number of hydrogen-bond acceptors (Lipinski definition) is 5. The molecule has 2 rings (SSSR count). The summed E-state index contributed by atoms with van der Waals surface area (Å²) < 4.78 is 1.56. The van der Waals surface area contributed by atoms with Crippen molar-refractivity contribution in [2.24, 2.45) is 5.73 Å². The van der Waals surface area contributed by atoms with E-state index >= 15 is 0 Å². The molecule has 19 heavy (non-hydrogen) atoms. The molecule has 0 saturated heterocycles. The van der Waals surface area contributed by atoms with E-state index in [4.69, 9.17) is 5.73 Å². The molecule has 1 aromatic carbocycles. The second kappa shape index (κ2) is 5.63. The van der Waals surface area contributed by atoms with Crippen molar-refractivity contribution in [2.45, 2.75) is 0 Å². The van der Waals surface area contributed by atoms with Crippen molar-refractivity contribution >= 4 is 17.6 Å². The van der Waals surface area contributed by atoms with Gasteiger partial charge in [0.1, 0.15) is 12.7 Å². The van der Waals surface area contributed by atoms with E-state index in [0.717, 1.165) is 5.69 Å². The lowest BCUT2D eigenvalue weighted by molar-refractivity contribution is -0.118. The summed E-state index contributed by atoms with van der Waals surface area (Å²) >= 11 is 0. The first-order valence-electron chi connectivity index (χ1n) is 5.44. The van der Waals surface area contributed by atoms with Crippen molar-refractivity contribution in [1.82, 2.24) is 20.1 Å². The number of nitrogens with two attached hydrogens (primary N) is 1. The number of aromatic nitrogens is 3. The Kier molecular flexibility index (Phi) is 3.72. The Balaban J connectivity index is 2.09. The standard InChI is InChI=1S/C11H12N6O2/c12-11(19)16-10(18)5-14-8-3-1-2-4-9(8)17-7-13-6-15-17/h1-4,6-7,14H,5H2,(H3,12,16,18,19). The van der Waals surface area contributed by atoms with Crippen LogP contribution in [0.1, 0.15) is 0 Å². The number of benzene rings is 1. The zero-order chi connectivity index (χ0) is 13.7. The van der Waals surface area contributed by atoms with Crippen LogP contribution in [0.5, 0.6) is 0 Å². The van der Waals surface area contributed by atoms with Crippen LogP contribution in [0, 0.1) is 0 Å². The van der Waals surface area contributed by atoms with Crippen molar-refractivity contribution < 1.29 is 9.59 Å². The van der Waals surface area contributed by atoms with Crippen LogP contribution in [0.3, 0.4) is 0 Å². The number of nitrogens with zero attached hydrogens (tertiary/aromatic N) is 3. The van der Waals surface area contributed by atoms with Crippen LogP contribution in [-0.2, 0) is 4.79 Å². The molecule has 0 bridgehead atoms. The fourth-order valence-corrected chi connectivity index (χ4v) is 1.51. The summed E-state index contributed by atoms with van der Waals surface area (Å²) in [6, 6.07) is 6.38. The maximum Gasteiger partial charge on any atom is 0.318 e. The average Bonchev–Trinajstić information content (AvgIpc) is 2.89. The van der Waals surface area contributed by atoms with Crippen molar-refractivity contribution in [3.8, 4) is 5.69 Å². The molecule has 0 spiro atoms. The van der Waals surface area contributed by atoms with E-state index in [-0.39, 0.29) is 6.54 Å². The van der Waals surface area contributed by atoms with E-state index < -0.39 is 11.9 Å². The quantitative estimate of drug-likeness (QED) is 0.708. The third-order valence-electron chi connectivity index (χ3n) is 2.27. The second-order valence-corrected chi connectivity index (χ2v) is 3.62. The highest BCUT2D eigenvalue weighted by atomic mass is 16.2. The molecule has 0 aliphatic carbocycles. The average molecular weight is 260 g/mol. The van der Waals surface area contributed by atoms with Gasteiger partial charge in [0.25, 0.3) is 0 Å². The SMILES string of the molecule is NC(=O)NC(=O)CNc1ccccc1-n1cncn1. The molecule has 3 amide bonds. The highest BCUT2D eigenvalue weighted by Gasteiger charge is 2.07. The van der Waals surface area contributed by atoms with Gasteiger partial charge in [0.05, 0.1) is 17.9 Å². The lowest BCUT2D eigenvalue weighted by Gasteiger charge is -2.10. The van der Waals surface area contributed by atoms with Gasteiger partial charge in [0.2, 0.25) is 5.91 Å². The summed E-state index contributed by atoms with van der Waals surface area (Å²) in [4.78, 5) is 25.7. The van der Waals surface area contributed by atoms with E-state index in [9.17, 15) is 9.59 Å². The van der Waals surface area contributed by atoms with Gasteiger partial charge in [-0.3, -0.25) is 10.1 Å². The van der Waals surface area contributed by atoms with Crippen LogP contribution in [0.2, 0.25) is 0 Å². The first kappa shape index (κ1) is 12.6. The van der Waals surface area contributed by atoms with Gasteiger partial charge in [-0.2, -0.15) is 5.10 Å². The molecule has 1 aromatic heterocycles. The number of primary amides is 1. The monoisotopic (exact) mass is 260 g/mol. The number of carbonyl (C=O) groups excluding carboxylic acids is 2. The zero-order valence-electron chi connectivity index (χ0n) is 9.91. The summed E-state index contributed by atoms with van der Waals surface area (Å²) in [7, 11) is 0. The molecule has 0 aliphatic rings. The van der Waals surface area contributed by atoms with Gasteiger partial charge in [-0.1, -0.05) is 12.1 Å². The Labute approximate surface area is 108 Å². The predicted molar refractivity (Wildman–Crippen MR) is 67.6 cm³/mol. The van der Waals surface area contributed by atoms with Crippen LogP contribution in [-0.4, -0.2) is 33.2 Å². The maximum atomic E-state index is 11.3. The van der Waals surface area contributed by atoms with Gasteiger partial charge < -0.3 is 11.1 Å². The number of carbonyl (C=O) groups is 2. The first-order chi connectivity index (χ1) is 9.16. The van der Waals surface area contributed by atoms with Crippen molar-refractivity contribution in [2.75, 3.05) is 11.9 Å². The lowest BCUT2D eigenvalue weighted by Crippen LogP contribution is -2.38. The largest absolute Gasteiger partial charge is 0.374 e. The second-order valence-electron chi connectivity index (χ2n) is 3.62. The highest BCUT2D eigenvalue weighted by molar-refractivity contribution is 5.95. The summed E-state index contributed by atoms with van der Waals surface area (Å²) in [6.07, 6.45) is 2.96. The molecular formula is C11H12N6O2. The molecule has 98 valence electrons. The van der Waals surface area contributed by atoms with Gasteiger partial charge in [-0.15, -0.1) is 0 Å². The van der Waals surface area contributed by atoms with Crippen molar-refractivity contribution in [1.29, 1.82) is 0 Å². The van der Waals surface area contributed by atoms with Crippen LogP contribution in [0.25, 0.3) is 5.69 Å². The molecule has 0 aliphatic heterocycles. The van der Waals surface area contributed by atoms with Gasteiger partial charge in [0.15, 0.2) is 0 Å². The van der Waals surface area contributed by atoms with Crippen LogP contribution in [0.4, 0.5) is 10.5 Å². The lowest BCUT2D eigenvalue weighted by atomic mass is 10.2. The Morgan fingerprint density at radius 2 is 2.11 bits per heavy atom. The summed E-state index contributed by atoms with van der Waals surface area (Å²) in [6.45, 7) is -0.0748. The van der Waals surface area contributed by atoms with E-state index in [1.165, 1.54) is 6.33 Å². The number of anilines is 1. The van der Waals surface area contributed by atoms with Crippen molar-refractivity contribution in [3.05, 3.63) is 36.9 Å². The minimum Gasteiger partial charge on any atom is -0.374 e. The molecule has 8 heteroatoms. The molecule has 0 unspecified atom stereocenters. The van der Waals surface area contributed by atoms with E-state index in [1.807, 2.05) is 23.5 Å². The van der Waals surface area contributed by atoms with Gasteiger partial charge in [0, 0.05) is 0 Å². The van der Waals surface area contributed by atoms with Crippen molar-refractivity contribution in [3.63, 3.8) is 0 Å². The number of hydrogen-bond donors (Lipinski definition) is 3. The van der Waals surface area contributed by atoms with Crippen LogP contribution in [0.15, 0.2) is 36.9 Å². The minimum atomic E-state index is -0.878. The topological polar surface area (TPSA) is 115 Å². The molecule has 0 radical (unpaired) electrons. The molecule has 0 atom stereocenters. The summed E-state index contributed by atoms with van der Waals surface area (Å²) in [5.74, 6) is -0.513. The fraction of sp³-hybridized carbons (Fsp3) is 0.0909. The van der Waals surface area contributed by atoms with Crippen LogP contribution < -0.4 is 16.4 Å². The number of nitrogens with one attached hydrogen (secondary N) is 2. The molecule has 0 saturated carbocycles. The van der Waals surface area contributed by atoms with E-state index in [0.29, 0.717) is 5.69 Å². The number of rotatable bonds is 4. The third-order valence-corrected chi connectivity index (χ3v) is 2.27. The molecule has 8 nitrogen and oxygen atoms in total. The molecule has 0 fully saturated rings. The maximum absolute atomic E-state index is 11.3. The van der Waals surface area contributed by atoms with E-state index in [2.05, 4.69) is 15.4 Å².